The van der Waals surface area contributed by atoms with Crippen molar-refractivity contribution in [3.8, 4) is 0 Å². The summed E-state index contributed by atoms with van der Waals surface area (Å²) in [6.07, 6.45) is 1.26. The Balaban J connectivity index is 2.00. The van der Waals surface area contributed by atoms with Crippen molar-refractivity contribution in [1.29, 1.82) is 0 Å². The Labute approximate surface area is 147 Å². The first-order valence-corrected chi connectivity index (χ1v) is 9.06. The molecule has 5 heteroatoms. The average molecular weight is 344 g/mol. The minimum absolute atomic E-state index is 0.00787. The standard InChI is InChI=1S/C19H24N2O2S/c1-4-16-8-5-7-14(2)19(16)21(15(3)22)11-10-20-18(23)13-17-9-6-12-24-17/h5-9,12H,4,10-11,13H2,1-3H3,(H,20,23). The predicted octanol–water partition coefficient (Wildman–Crippen LogP) is 3.33. The van der Waals surface area contributed by atoms with E-state index in [1.54, 1.807) is 23.2 Å². The van der Waals surface area contributed by atoms with E-state index >= 15 is 0 Å². The van der Waals surface area contributed by atoms with Crippen LogP contribution < -0.4 is 10.2 Å². The van der Waals surface area contributed by atoms with Crippen LogP contribution in [-0.2, 0) is 22.4 Å². The summed E-state index contributed by atoms with van der Waals surface area (Å²) in [4.78, 5) is 26.9. The quantitative estimate of drug-likeness (QED) is 0.837. The Morgan fingerprint density at radius 1 is 1.21 bits per heavy atom. The van der Waals surface area contributed by atoms with Crippen LogP contribution in [0.25, 0.3) is 0 Å². The van der Waals surface area contributed by atoms with Crippen LogP contribution >= 0.6 is 11.3 Å². The zero-order chi connectivity index (χ0) is 17.5. The van der Waals surface area contributed by atoms with Gasteiger partial charge in [-0.15, -0.1) is 11.3 Å². The molecule has 0 saturated carbocycles. The summed E-state index contributed by atoms with van der Waals surface area (Å²) in [7, 11) is 0. The molecular formula is C19H24N2O2S. The molecule has 1 aromatic heterocycles. The molecule has 1 aromatic carbocycles. The second-order valence-electron chi connectivity index (χ2n) is 5.71. The Hall–Kier alpha value is -2.14. The second kappa shape index (κ2) is 8.64. The highest BCUT2D eigenvalue weighted by molar-refractivity contribution is 7.10. The van der Waals surface area contributed by atoms with E-state index in [0.717, 1.165) is 28.1 Å². The lowest BCUT2D eigenvalue weighted by atomic mass is 10.0. The number of nitrogens with one attached hydrogen (secondary N) is 1. The first kappa shape index (κ1) is 18.2. The minimum atomic E-state index is -0.0125. The maximum atomic E-state index is 12.1. The van der Waals surface area contributed by atoms with Gasteiger partial charge in [-0.1, -0.05) is 31.2 Å². The molecule has 0 saturated heterocycles. The normalized spacial score (nSPS) is 10.5. The number of benzene rings is 1. The largest absolute Gasteiger partial charge is 0.354 e. The van der Waals surface area contributed by atoms with E-state index in [4.69, 9.17) is 0 Å². The van der Waals surface area contributed by atoms with E-state index in [-0.39, 0.29) is 11.8 Å². The van der Waals surface area contributed by atoms with Gasteiger partial charge in [0.1, 0.15) is 0 Å². The average Bonchev–Trinajstić information content (AvgIpc) is 3.04. The van der Waals surface area contributed by atoms with E-state index in [1.165, 1.54) is 0 Å². The van der Waals surface area contributed by atoms with Gasteiger partial charge in [-0.3, -0.25) is 9.59 Å². The molecule has 2 amide bonds. The number of carbonyl (C=O) groups is 2. The highest BCUT2D eigenvalue weighted by atomic mass is 32.1. The Kier molecular flexibility index (Phi) is 6.55. The van der Waals surface area contributed by atoms with Gasteiger partial charge >= 0.3 is 0 Å². The van der Waals surface area contributed by atoms with E-state index < -0.39 is 0 Å². The lowest BCUT2D eigenvalue weighted by molar-refractivity contribution is -0.120. The van der Waals surface area contributed by atoms with Crippen LogP contribution in [-0.4, -0.2) is 24.9 Å². The SMILES string of the molecule is CCc1cccc(C)c1N(CCNC(=O)Cc1cccs1)C(C)=O. The zero-order valence-electron chi connectivity index (χ0n) is 14.5. The number of anilines is 1. The van der Waals surface area contributed by atoms with Crippen molar-refractivity contribution < 1.29 is 9.59 Å². The van der Waals surface area contributed by atoms with Gasteiger partial charge in [-0.25, -0.2) is 0 Å². The molecule has 0 bridgehead atoms. The number of amides is 2. The van der Waals surface area contributed by atoms with E-state index in [9.17, 15) is 9.59 Å². The lowest BCUT2D eigenvalue weighted by Gasteiger charge is -2.26. The molecule has 24 heavy (non-hydrogen) atoms. The lowest BCUT2D eigenvalue weighted by Crippen LogP contribution is -2.38. The van der Waals surface area contributed by atoms with Crippen LogP contribution in [0.1, 0.15) is 29.9 Å². The number of aryl methyl sites for hydroxylation is 2. The molecule has 1 heterocycles. The van der Waals surface area contributed by atoms with Crippen molar-refractivity contribution in [3.05, 3.63) is 51.7 Å². The van der Waals surface area contributed by atoms with Gasteiger partial charge in [-0.05, 0) is 35.9 Å². The van der Waals surface area contributed by atoms with Crippen molar-refractivity contribution in [2.75, 3.05) is 18.0 Å². The molecule has 4 nitrogen and oxygen atoms in total. The molecule has 2 aromatic rings. The number of para-hydroxylation sites is 1. The molecule has 0 fully saturated rings. The Bertz CT molecular complexity index is 695. The van der Waals surface area contributed by atoms with Gasteiger partial charge < -0.3 is 10.2 Å². The summed E-state index contributed by atoms with van der Waals surface area (Å²) < 4.78 is 0. The molecule has 1 N–H and O–H groups in total. The van der Waals surface area contributed by atoms with Crippen molar-refractivity contribution >= 4 is 28.8 Å². The molecule has 0 unspecified atom stereocenters. The topological polar surface area (TPSA) is 49.4 Å². The molecule has 0 radical (unpaired) electrons. The van der Waals surface area contributed by atoms with E-state index in [0.29, 0.717) is 19.5 Å². The third-order valence-corrected chi connectivity index (χ3v) is 4.80. The number of hydrogen-bond acceptors (Lipinski definition) is 3. The molecule has 2 rings (SSSR count). The van der Waals surface area contributed by atoms with E-state index in [1.807, 2.05) is 42.6 Å². The van der Waals surface area contributed by atoms with Crippen molar-refractivity contribution in [2.45, 2.75) is 33.6 Å². The summed E-state index contributed by atoms with van der Waals surface area (Å²) in [5, 5.41) is 4.87. The number of nitrogens with zero attached hydrogens (tertiary/aromatic N) is 1. The number of thiophene rings is 1. The van der Waals surface area contributed by atoms with Gasteiger partial charge in [0.25, 0.3) is 0 Å². The van der Waals surface area contributed by atoms with Gasteiger partial charge in [0.15, 0.2) is 0 Å². The van der Waals surface area contributed by atoms with Gasteiger partial charge in [0.05, 0.1) is 6.42 Å². The van der Waals surface area contributed by atoms with Crippen LogP contribution in [0.4, 0.5) is 5.69 Å². The molecule has 0 aliphatic heterocycles. The third kappa shape index (κ3) is 4.68. The summed E-state index contributed by atoms with van der Waals surface area (Å²) in [6.45, 7) is 6.59. The maximum absolute atomic E-state index is 12.1. The van der Waals surface area contributed by atoms with Gasteiger partial charge in [-0.2, -0.15) is 0 Å². The highest BCUT2D eigenvalue weighted by Crippen LogP contribution is 2.25. The summed E-state index contributed by atoms with van der Waals surface area (Å²) in [5.74, 6) is -0.0204. The van der Waals surface area contributed by atoms with Crippen LogP contribution in [0.3, 0.4) is 0 Å². The zero-order valence-corrected chi connectivity index (χ0v) is 15.3. The molecule has 0 aliphatic rings. The van der Waals surface area contributed by atoms with Gasteiger partial charge in [0.2, 0.25) is 11.8 Å². The fourth-order valence-electron chi connectivity index (χ4n) is 2.76. The number of hydrogen-bond donors (Lipinski definition) is 1. The van der Waals surface area contributed by atoms with Crippen LogP contribution in [0.15, 0.2) is 35.7 Å². The number of rotatable bonds is 7. The van der Waals surface area contributed by atoms with Gasteiger partial charge in [0, 0.05) is 30.6 Å². The first-order valence-electron chi connectivity index (χ1n) is 8.18. The minimum Gasteiger partial charge on any atom is -0.354 e. The monoisotopic (exact) mass is 344 g/mol. The smallest absolute Gasteiger partial charge is 0.225 e. The fourth-order valence-corrected chi connectivity index (χ4v) is 3.46. The van der Waals surface area contributed by atoms with E-state index in [2.05, 4.69) is 12.2 Å². The third-order valence-electron chi connectivity index (χ3n) is 3.92. The Morgan fingerprint density at radius 2 is 2.00 bits per heavy atom. The summed E-state index contributed by atoms with van der Waals surface area (Å²) >= 11 is 1.57. The van der Waals surface area contributed by atoms with Crippen molar-refractivity contribution in [2.24, 2.45) is 0 Å². The van der Waals surface area contributed by atoms with Crippen LogP contribution in [0, 0.1) is 6.92 Å². The maximum Gasteiger partial charge on any atom is 0.225 e. The molecular weight excluding hydrogens is 320 g/mol. The van der Waals surface area contributed by atoms with Crippen LogP contribution in [0.5, 0.6) is 0 Å². The molecule has 0 atom stereocenters. The summed E-state index contributed by atoms with van der Waals surface area (Å²) in [6, 6.07) is 9.97. The molecule has 0 aliphatic carbocycles. The fraction of sp³-hybridized carbons (Fsp3) is 0.368. The van der Waals surface area contributed by atoms with Crippen molar-refractivity contribution in [3.63, 3.8) is 0 Å². The van der Waals surface area contributed by atoms with Crippen LogP contribution in [0.2, 0.25) is 0 Å². The predicted molar refractivity (Wildman–Crippen MR) is 99.6 cm³/mol. The first-order chi connectivity index (χ1) is 11.5. The second-order valence-corrected chi connectivity index (χ2v) is 6.75. The summed E-state index contributed by atoms with van der Waals surface area (Å²) in [5.41, 5.74) is 3.20. The number of carbonyl (C=O) groups excluding carboxylic acids is 2. The Morgan fingerprint density at radius 3 is 2.62 bits per heavy atom. The molecule has 0 spiro atoms. The van der Waals surface area contributed by atoms with Crippen molar-refractivity contribution in [1.82, 2.24) is 5.32 Å². The highest BCUT2D eigenvalue weighted by Gasteiger charge is 2.17. The molecule has 128 valence electrons.